The standard InChI is InChI=1S/C13H11BrClNOS/c14-8-5-12(18-13(8)15)11-6-9(16)7-3-1-2-4-10(7)17-11/h1-5,9,11H,6,16H2. The summed E-state index contributed by atoms with van der Waals surface area (Å²) in [5.74, 6) is 0.877. The normalized spacial score (nSPS) is 22.4. The molecule has 1 aromatic carbocycles. The molecule has 2 nitrogen and oxygen atoms in total. The van der Waals surface area contributed by atoms with Crippen LogP contribution in [0.4, 0.5) is 0 Å². The van der Waals surface area contributed by atoms with Crippen LogP contribution in [-0.2, 0) is 0 Å². The first-order valence-corrected chi connectivity index (χ1v) is 7.60. The molecule has 0 spiro atoms. The smallest absolute Gasteiger partial charge is 0.135 e. The molecule has 0 fully saturated rings. The zero-order valence-electron chi connectivity index (χ0n) is 9.40. The lowest BCUT2D eigenvalue weighted by molar-refractivity contribution is 0.165. The van der Waals surface area contributed by atoms with Crippen LogP contribution in [0.15, 0.2) is 34.8 Å². The molecule has 1 aliphatic heterocycles. The number of rotatable bonds is 1. The fourth-order valence-electron chi connectivity index (χ4n) is 2.15. The van der Waals surface area contributed by atoms with Crippen LogP contribution >= 0.6 is 38.9 Å². The van der Waals surface area contributed by atoms with Crippen LogP contribution in [0.25, 0.3) is 0 Å². The largest absolute Gasteiger partial charge is 0.484 e. The summed E-state index contributed by atoms with van der Waals surface area (Å²) < 4.78 is 7.68. The monoisotopic (exact) mass is 343 g/mol. The first kappa shape index (κ1) is 12.5. The zero-order chi connectivity index (χ0) is 12.7. The summed E-state index contributed by atoms with van der Waals surface area (Å²) in [6, 6.07) is 9.96. The lowest BCUT2D eigenvalue weighted by Crippen LogP contribution is -2.23. The second-order valence-electron chi connectivity index (χ2n) is 4.26. The Labute approximate surface area is 123 Å². The van der Waals surface area contributed by atoms with E-state index in [4.69, 9.17) is 22.1 Å². The van der Waals surface area contributed by atoms with E-state index in [-0.39, 0.29) is 12.1 Å². The molecule has 18 heavy (non-hydrogen) atoms. The maximum absolute atomic E-state index is 6.20. The van der Waals surface area contributed by atoms with Gasteiger partial charge in [0.2, 0.25) is 0 Å². The summed E-state index contributed by atoms with van der Waals surface area (Å²) in [5.41, 5.74) is 7.28. The van der Waals surface area contributed by atoms with Crippen molar-refractivity contribution in [2.45, 2.75) is 18.6 Å². The van der Waals surface area contributed by atoms with Gasteiger partial charge in [-0.25, -0.2) is 0 Å². The highest BCUT2D eigenvalue weighted by atomic mass is 79.9. The van der Waals surface area contributed by atoms with Gasteiger partial charge in [-0.3, -0.25) is 0 Å². The van der Waals surface area contributed by atoms with E-state index in [1.807, 2.05) is 30.3 Å². The number of ether oxygens (including phenoxy) is 1. The number of nitrogens with two attached hydrogens (primary N) is 1. The van der Waals surface area contributed by atoms with E-state index in [1.54, 1.807) is 0 Å². The topological polar surface area (TPSA) is 35.2 Å². The molecule has 3 rings (SSSR count). The molecule has 2 atom stereocenters. The Hall–Kier alpha value is -0.550. The highest BCUT2D eigenvalue weighted by Gasteiger charge is 2.28. The van der Waals surface area contributed by atoms with Crippen molar-refractivity contribution in [2.75, 3.05) is 0 Å². The summed E-state index contributed by atoms with van der Waals surface area (Å²) >= 11 is 11.0. The Morgan fingerprint density at radius 2 is 2.17 bits per heavy atom. The molecular formula is C13H11BrClNOS. The Kier molecular flexibility index (Phi) is 3.36. The summed E-state index contributed by atoms with van der Waals surface area (Å²) in [4.78, 5) is 1.11. The van der Waals surface area contributed by atoms with E-state index in [1.165, 1.54) is 11.3 Å². The average Bonchev–Trinajstić information content (AvgIpc) is 2.70. The maximum Gasteiger partial charge on any atom is 0.135 e. The second-order valence-corrected chi connectivity index (χ2v) is 6.80. The molecule has 1 aromatic heterocycles. The number of hydrogen-bond donors (Lipinski definition) is 1. The summed E-state index contributed by atoms with van der Waals surface area (Å²) in [5, 5.41) is 0. The van der Waals surface area contributed by atoms with E-state index >= 15 is 0 Å². The lowest BCUT2D eigenvalue weighted by Gasteiger charge is -2.29. The molecule has 94 valence electrons. The number of fused-ring (bicyclic) bond motifs is 1. The second kappa shape index (κ2) is 4.85. The third-order valence-corrected chi connectivity index (χ3v) is 5.60. The summed E-state index contributed by atoms with van der Waals surface area (Å²) in [7, 11) is 0. The Morgan fingerprint density at radius 1 is 1.39 bits per heavy atom. The summed E-state index contributed by atoms with van der Waals surface area (Å²) in [6.07, 6.45) is 0.768. The van der Waals surface area contributed by atoms with Gasteiger partial charge >= 0.3 is 0 Å². The van der Waals surface area contributed by atoms with Gasteiger partial charge in [0, 0.05) is 27.4 Å². The first-order valence-electron chi connectivity index (χ1n) is 5.61. The molecule has 0 radical (unpaired) electrons. The van der Waals surface area contributed by atoms with Gasteiger partial charge in [0.05, 0.1) is 0 Å². The predicted octanol–water partition coefficient (Wildman–Crippen LogP) is 4.69. The number of hydrogen-bond acceptors (Lipinski definition) is 3. The van der Waals surface area contributed by atoms with Gasteiger partial charge < -0.3 is 10.5 Å². The molecule has 0 amide bonds. The first-order chi connectivity index (χ1) is 8.65. The maximum atomic E-state index is 6.20. The van der Waals surface area contributed by atoms with E-state index in [9.17, 15) is 0 Å². The van der Waals surface area contributed by atoms with Gasteiger partial charge in [0.1, 0.15) is 16.2 Å². The molecule has 2 aromatic rings. The number of para-hydroxylation sites is 1. The van der Waals surface area contributed by atoms with Crippen LogP contribution in [0.5, 0.6) is 5.75 Å². The highest BCUT2D eigenvalue weighted by molar-refractivity contribution is 9.10. The van der Waals surface area contributed by atoms with Gasteiger partial charge in [-0.1, -0.05) is 29.8 Å². The van der Waals surface area contributed by atoms with Gasteiger partial charge in [-0.05, 0) is 28.1 Å². The number of thiophene rings is 1. The lowest BCUT2D eigenvalue weighted by atomic mass is 9.97. The van der Waals surface area contributed by atoms with Crippen molar-refractivity contribution in [1.29, 1.82) is 0 Å². The van der Waals surface area contributed by atoms with Crippen molar-refractivity contribution >= 4 is 38.9 Å². The van der Waals surface area contributed by atoms with Crippen molar-refractivity contribution in [3.05, 3.63) is 49.6 Å². The van der Waals surface area contributed by atoms with Gasteiger partial charge in [-0.15, -0.1) is 11.3 Å². The third-order valence-electron chi connectivity index (χ3n) is 3.04. The highest BCUT2D eigenvalue weighted by Crippen LogP contribution is 2.43. The van der Waals surface area contributed by atoms with Gasteiger partial charge in [-0.2, -0.15) is 0 Å². The molecule has 0 aliphatic carbocycles. The molecule has 2 heterocycles. The Morgan fingerprint density at radius 3 is 2.89 bits per heavy atom. The van der Waals surface area contributed by atoms with E-state index in [0.29, 0.717) is 0 Å². The third kappa shape index (κ3) is 2.18. The van der Waals surface area contributed by atoms with E-state index in [2.05, 4.69) is 15.9 Å². The van der Waals surface area contributed by atoms with Crippen LogP contribution in [0, 0.1) is 0 Å². The Balaban J connectivity index is 1.94. The van der Waals surface area contributed by atoms with Crippen molar-refractivity contribution < 1.29 is 4.74 Å². The van der Waals surface area contributed by atoms with Crippen molar-refractivity contribution in [1.82, 2.24) is 0 Å². The van der Waals surface area contributed by atoms with Crippen molar-refractivity contribution in [3.8, 4) is 5.75 Å². The molecule has 0 saturated carbocycles. The minimum absolute atomic E-state index is 0.0105. The zero-order valence-corrected chi connectivity index (χ0v) is 12.6. The average molecular weight is 345 g/mol. The van der Waals surface area contributed by atoms with Crippen LogP contribution in [0.2, 0.25) is 4.34 Å². The quantitative estimate of drug-likeness (QED) is 0.814. The molecule has 0 bridgehead atoms. The van der Waals surface area contributed by atoms with Gasteiger partial charge in [0.25, 0.3) is 0 Å². The number of benzene rings is 1. The van der Waals surface area contributed by atoms with Crippen molar-refractivity contribution in [3.63, 3.8) is 0 Å². The van der Waals surface area contributed by atoms with E-state index in [0.717, 1.165) is 31.4 Å². The van der Waals surface area contributed by atoms with Crippen molar-refractivity contribution in [2.24, 2.45) is 5.73 Å². The van der Waals surface area contributed by atoms with E-state index < -0.39 is 0 Å². The van der Waals surface area contributed by atoms with Crippen LogP contribution in [0.3, 0.4) is 0 Å². The van der Waals surface area contributed by atoms with Crippen LogP contribution in [-0.4, -0.2) is 0 Å². The fraction of sp³-hybridized carbons (Fsp3) is 0.231. The number of halogens is 2. The molecule has 0 saturated heterocycles. The van der Waals surface area contributed by atoms with Crippen LogP contribution < -0.4 is 10.5 Å². The fourth-order valence-corrected chi connectivity index (χ4v) is 3.93. The minimum atomic E-state index is -0.0105. The SMILES string of the molecule is NC1CC(c2cc(Br)c(Cl)s2)Oc2ccccc21. The molecule has 1 aliphatic rings. The molecule has 5 heteroatoms. The molecule has 2 unspecified atom stereocenters. The minimum Gasteiger partial charge on any atom is -0.484 e. The van der Waals surface area contributed by atoms with Crippen LogP contribution in [0.1, 0.15) is 29.0 Å². The Bertz CT molecular complexity index is 567. The summed E-state index contributed by atoms with van der Waals surface area (Å²) in [6.45, 7) is 0. The van der Waals surface area contributed by atoms with Gasteiger partial charge in [0.15, 0.2) is 0 Å². The predicted molar refractivity (Wildman–Crippen MR) is 78.4 cm³/mol. The molecule has 2 N–H and O–H groups in total. The molecular weight excluding hydrogens is 334 g/mol.